The molecule has 0 aliphatic carbocycles. The topological polar surface area (TPSA) is 52.7 Å². The van der Waals surface area contributed by atoms with E-state index in [1.807, 2.05) is 34.2 Å². The predicted octanol–water partition coefficient (Wildman–Crippen LogP) is 0.630. The van der Waals surface area contributed by atoms with E-state index in [0.717, 1.165) is 5.69 Å². The third kappa shape index (κ3) is 2.09. The Balaban J connectivity index is 2.37. The van der Waals surface area contributed by atoms with E-state index in [9.17, 15) is 4.79 Å². The van der Waals surface area contributed by atoms with Crippen molar-refractivity contribution in [3.63, 3.8) is 0 Å². The second-order valence-electron chi connectivity index (χ2n) is 3.17. The van der Waals surface area contributed by atoms with Crippen LogP contribution >= 0.6 is 22.6 Å². The lowest BCUT2D eigenvalue weighted by atomic mass is 10.4. The summed E-state index contributed by atoms with van der Waals surface area (Å²) in [6, 6.07) is 0. The molecule has 5 nitrogen and oxygen atoms in total. The molecular formula is C9H9IN4O. The first-order valence-electron chi connectivity index (χ1n) is 4.33. The molecule has 0 bridgehead atoms. The van der Waals surface area contributed by atoms with Crippen LogP contribution in [0.25, 0.3) is 0 Å². The van der Waals surface area contributed by atoms with E-state index in [4.69, 9.17) is 0 Å². The van der Waals surface area contributed by atoms with Crippen molar-refractivity contribution < 1.29 is 0 Å². The van der Waals surface area contributed by atoms with Crippen molar-refractivity contribution in [1.29, 1.82) is 0 Å². The smallest absolute Gasteiger partial charge is 0.267 e. The highest BCUT2D eigenvalue weighted by Crippen LogP contribution is 1.99. The summed E-state index contributed by atoms with van der Waals surface area (Å²) < 4.78 is 4.07. The molecule has 2 aromatic heterocycles. The molecular weight excluding hydrogens is 307 g/mol. The Morgan fingerprint density at radius 3 is 2.73 bits per heavy atom. The van der Waals surface area contributed by atoms with Gasteiger partial charge in [-0.2, -0.15) is 0 Å². The van der Waals surface area contributed by atoms with Gasteiger partial charge in [-0.05, 0) is 22.6 Å². The highest BCUT2D eigenvalue weighted by atomic mass is 127. The van der Waals surface area contributed by atoms with Gasteiger partial charge >= 0.3 is 0 Å². The summed E-state index contributed by atoms with van der Waals surface area (Å²) in [5, 5.41) is 0. The molecule has 0 radical (unpaired) electrons. The highest BCUT2D eigenvalue weighted by Gasteiger charge is 2.03. The lowest BCUT2D eigenvalue weighted by Crippen LogP contribution is -2.23. The quantitative estimate of drug-likeness (QED) is 0.764. The van der Waals surface area contributed by atoms with Crippen LogP contribution in [0.3, 0.4) is 0 Å². The maximum absolute atomic E-state index is 11.7. The van der Waals surface area contributed by atoms with Crippen LogP contribution in [0.4, 0.5) is 0 Å². The van der Waals surface area contributed by atoms with Crippen molar-refractivity contribution in [3.05, 3.63) is 44.7 Å². The molecule has 2 aromatic rings. The summed E-state index contributed by atoms with van der Waals surface area (Å²) in [5.41, 5.74) is 0.952. The second-order valence-corrected chi connectivity index (χ2v) is 4.33. The number of halogens is 1. The molecule has 0 amide bonds. The van der Waals surface area contributed by atoms with E-state index < -0.39 is 0 Å². The molecule has 0 saturated heterocycles. The predicted molar refractivity (Wildman–Crippen MR) is 63.5 cm³/mol. The van der Waals surface area contributed by atoms with Crippen LogP contribution in [0.15, 0.2) is 29.8 Å². The van der Waals surface area contributed by atoms with Gasteiger partial charge in [0.1, 0.15) is 0 Å². The Kier molecular flexibility index (Phi) is 2.85. The largest absolute Gasteiger partial charge is 0.336 e. The van der Waals surface area contributed by atoms with Crippen LogP contribution in [0.1, 0.15) is 5.69 Å². The summed E-state index contributed by atoms with van der Waals surface area (Å²) in [5.74, 6) is 0. The van der Waals surface area contributed by atoms with Gasteiger partial charge in [-0.1, -0.05) is 0 Å². The molecule has 78 valence electrons. The van der Waals surface area contributed by atoms with Crippen LogP contribution in [-0.4, -0.2) is 19.1 Å². The SMILES string of the molecule is Cn1cncc1Cn1cncc(I)c1=O. The van der Waals surface area contributed by atoms with E-state index in [1.165, 1.54) is 6.33 Å². The molecule has 2 heterocycles. The van der Waals surface area contributed by atoms with Gasteiger partial charge in [0.15, 0.2) is 0 Å². The number of hydrogen-bond acceptors (Lipinski definition) is 3. The third-order valence-corrected chi connectivity index (χ3v) is 2.85. The van der Waals surface area contributed by atoms with Gasteiger partial charge in [-0.25, -0.2) is 9.97 Å². The van der Waals surface area contributed by atoms with Crippen LogP contribution in [0.2, 0.25) is 0 Å². The molecule has 0 spiro atoms. The van der Waals surface area contributed by atoms with Crippen LogP contribution in [0.5, 0.6) is 0 Å². The second kappa shape index (κ2) is 4.13. The first-order valence-corrected chi connectivity index (χ1v) is 5.41. The number of nitrogens with zero attached hydrogens (tertiary/aromatic N) is 4. The zero-order valence-electron chi connectivity index (χ0n) is 8.09. The van der Waals surface area contributed by atoms with Crippen LogP contribution in [0, 0.1) is 3.57 Å². The van der Waals surface area contributed by atoms with Gasteiger partial charge in [0.2, 0.25) is 0 Å². The third-order valence-electron chi connectivity index (χ3n) is 2.11. The van der Waals surface area contributed by atoms with E-state index in [2.05, 4.69) is 9.97 Å². The van der Waals surface area contributed by atoms with Crippen molar-refractivity contribution in [1.82, 2.24) is 19.1 Å². The zero-order chi connectivity index (χ0) is 10.8. The minimum atomic E-state index is -0.0215. The minimum Gasteiger partial charge on any atom is -0.336 e. The van der Waals surface area contributed by atoms with Gasteiger partial charge in [-0.3, -0.25) is 9.36 Å². The maximum atomic E-state index is 11.7. The average molecular weight is 316 g/mol. The highest BCUT2D eigenvalue weighted by molar-refractivity contribution is 14.1. The molecule has 0 unspecified atom stereocenters. The standard InChI is InChI=1S/C9H9IN4O/c1-13-5-11-2-7(13)4-14-6-12-3-8(10)9(14)15/h2-3,5-6H,4H2,1H3. The molecule has 0 fully saturated rings. The van der Waals surface area contributed by atoms with Gasteiger partial charge in [0.05, 0.1) is 28.5 Å². The van der Waals surface area contributed by atoms with Crippen molar-refractivity contribution in [2.45, 2.75) is 6.54 Å². The van der Waals surface area contributed by atoms with Crippen LogP contribution < -0.4 is 5.56 Å². The summed E-state index contributed by atoms with van der Waals surface area (Å²) in [6.07, 6.45) is 6.55. The number of rotatable bonds is 2. The van der Waals surface area contributed by atoms with E-state index in [1.54, 1.807) is 23.3 Å². The first kappa shape index (κ1) is 10.3. The Labute approximate surface area is 99.9 Å². The molecule has 0 aliphatic heterocycles. The maximum Gasteiger partial charge on any atom is 0.267 e. The molecule has 0 N–H and O–H groups in total. The van der Waals surface area contributed by atoms with Crippen molar-refractivity contribution >= 4 is 22.6 Å². The molecule has 0 aliphatic rings. The molecule has 2 rings (SSSR count). The Morgan fingerprint density at radius 1 is 1.33 bits per heavy atom. The summed E-state index contributed by atoms with van der Waals surface area (Å²) in [4.78, 5) is 19.7. The Hall–Kier alpha value is -1.18. The Bertz CT molecular complexity index is 531. The first-order chi connectivity index (χ1) is 7.18. The normalized spacial score (nSPS) is 10.5. The number of hydrogen-bond donors (Lipinski definition) is 0. The fourth-order valence-electron chi connectivity index (χ4n) is 1.25. The minimum absolute atomic E-state index is 0.0215. The lowest BCUT2D eigenvalue weighted by Gasteiger charge is -2.05. The fourth-order valence-corrected chi connectivity index (χ4v) is 1.72. The summed E-state index contributed by atoms with van der Waals surface area (Å²) in [6.45, 7) is 0.499. The average Bonchev–Trinajstić information content (AvgIpc) is 2.60. The summed E-state index contributed by atoms with van der Waals surface area (Å²) in [7, 11) is 1.90. The molecule has 0 aromatic carbocycles. The van der Waals surface area contributed by atoms with E-state index in [0.29, 0.717) is 10.1 Å². The van der Waals surface area contributed by atoms with Crippen molar-refractivity contribution in [2.75, 3.05) is 0 Å². The van der Waals surface area contributed by atoms with E-state index in [-0.39, 0.29) is 5.56 Å². The van der Waals surface area contributed by atoms with Crippen LogP contribution in [-0.2, 0) is 13.6 Å². The van der Waals surface area contributed by atoms with Gasteiger partial charge in [0.25, 0.3) is 5.56 Å². The molecule has 0 saturated carbocycles. The molecule has 6 heteroatoms. The number of aromatic nitrogens is 4. The monoisotopic (exact) mass is 316 g/mol. The summed E-state index contributed by atoms with van der Waals surface area (Å²) >= 11 is 1.98. The number of aryl methyl sites for hydroxylation is 1. The number of imidazole rings is 1. The molecule has 0 atom stereocenters. The fraction of sp³-hybridized carbons (Fsp3) is 0.222. The lowest BCUT2D eigenvalue weighted by molar-refractivity contribution is 0.682. The zero-order valence-corrected chi connectivity index (χ0v) is 10.2. The Morgan fingerprint density at radius 2 is 2.07 bits per heavy atom. The van der Waals surface area contributed by atoms with Gasteiger partial charge < -0.3 is 4.57 Å². The molecule has 15 heavy (non-hydrogen) atoms. The van der Waals surface area contributed by atoms with Crippen molar-refractivity contribution in [2.24, 2.45) is 7.05 Å². The van der Waals surface area contributed by atoms with Gasteiger partial charge in [-0.15, -0.1) is 0 Å². The van der Waals surface area contributed by atoms with Gasteiger partial charge in [0, 0.05) is 19.4 Å². The van der Waals surface area contributed by atoms with E-state index >= 15 is 0 Å². The van der Waals surface area contributed by atoms with Crippen molar-refractivity contribution in [3.8, 4) is 0 Å².